The predicted molar refractivity (Wildman–Crippen MR) is 88.4 cm³/mol. The van der Waals surface area contributed by atoms with E-state index in [1.807, 2.05) is 0 Å². The van der Waals surface area contributed by atoms with Crippen LogP contribution in [0.2, 0.25) is 0 Å². The molecule has 7 nitrogen and oxygen atoms in total. The fraction of sp³-hybridized carbons (Fsp3) is 0.333. The summed E-state index contributed by atoms with van der Waals surface area (Å²) < 4.78 is 16.2. The van der Waals surface area contributed by atoms with Gasteiger partial charge < -0.3 is 24.6 Å². The van der Waals surface area contributed by atoms with E-state index in [1.54, 1.807) is 32.0 Å². The third kappa shape index (κ3) is 2.82. The molecule has 1 aromatic rings. The number of rotatable bonds is 3. The molecule has 7 heteroatoms. The van der Waals surface area contributed by atoms with Gasteiger partial charge in [-0.3, -0.25) is 0 Å². The minimum absolute atomic E-state index is 0.0774. The summed E-state index contributed by atoms with van der Waals surface area (Å²) in [6, 6.07) is 5.25. The van der Waals surface area contributed by atoms with Crippen LogP contribution in [0.3, 0.4) is 0 Å². The van der Waals surface area contributed by atoms with Crippen molar-refractivity contribution in [2.45, 2.75) is 19.8 Å². The van der Waals surface area contributed by atoms with E-state index in [1.165, 1.54) is 7.11 Å². The van der Waals surface area contributed by atoms with Crippen molar-refractivity contribution in [3.63, 3.8) is 0 Å². The van der Waals surface area contributed by atoms with Gasteiger partial charge in [0, 0.05) is 17.0 Å². The molecule has 2 aliphatic heterocycles. The number of aliphatic carboxylic acids is 1. The highest BCUT2D eigenvalue weighted by Gasteiger charge is 2.39. The number of ether oxygens (including phenoxy) is 3. The number of esters is 1. The van der Waals surface area contributed by atoms with Crippen LogP contribution in [0, 0.1) is 0 Å². The van der Waals surface area contributed by atoms with Crippen LogP contribution in [-0.4, -0.2) is 37.4 Å². The van der Waals surface area contributed by atoms with Crippen molar-refractivity contribution in [1.82, 2.24) is 5.32 Å². The summed E-state index contributed by atoms with van der Waals surface area (Å²) in [6.45, 7) is 4.16. The second-order valence-electron chi connectivity index (χ2n) is 5.80. The van der Waals surface area contributed by atoms with Gasteiger partial charge in [-0.2, -0.15) is 0 Å². The molecule has 1 atom stereocenters. The van der Waals surface area contributed by atoms with Gasteiger partial charge in [0.2, 0.25) is 0 Å². The zero-order valence-corrected chi connectivity index (χ0v) is 14.2. The Morgan fingerprint density at radius 2 is 1.84 bits per heavy atom. The fourth-order valence-corrected chi connectivity index (χ4v) is 3.29. The number of allylic oxidation sites excluding steroid dienone is 2. The first-order valence-electron chi connectivity index (χ1n) is 7.84. The van der Waals surface area contributed by atoms with Crippen molar-refractivity contribution in [3.05, 3.63) is 46.3 Å². The Morgan fingerprint density at radius 1 is 1.16 bits per heavy atom. The molecule has 0 amide bonds. The minimum atomic E-state index is -1.11. The number of carbonyl (C=O) groups is 2. The lowest BCUT2D eigenvalue weighted by Gasteiger charge is -2.31. The van der Waals surface area contributed by atoms with Crippen LogP contribution in [0.25, 0.3) is 0 Å². The van der Waals surface area contributed by atoms with Crippen molar-refractivity contribution < 1.29 is 28.9 Å². The number of nitrogens with one attached hydrogen (secondary N) is 1. The molecule has 0 saturated carbocycles. The van der Waals surface area contributed by atoms with E-state index >= 15 is 0 Å². The summed E-state index contributed by atoms with van der Waals surface area (Å²) in [4.78, 5) is 24.3. The van der Waals surface area contributed by atoms with E-state index in [2.05, 4.69) is 5.32 Å². The average molecular weight is 345 g/mol. The van der Waals surface area contributed by atoms with E-state index in [4.69, 9.17) is 14.2 Å². The monoisotopic (exact) mass is 345 g/mol. The lowest BCUT2D eigenvalue weighted by Crippen LogP contribution is -2.32. The van der Waals surface area contributed by atoms with Crippen LogP contribution in [-0.2, 0) is 14.3 Å². The third-order valence-electron chi connectivity index (χ3n) is 4.30. The first kappa shape index (κ1) is 16.9. The second-order valence-corrected chi connectivity index (χ2v) is 5.80. The maximum absolute atomic E-state index is 12.4. The molecule has 25 heavy (non-hydrogen) atoms. The number of carbonyl (C=O) groups excluding carboxylic acids is 1. The largest absolute Gasteiger partial charge is 0.486 e. The maximum atomic E-state index is 12.4. The van der Waals surface area contributed by atoms with Crippen LogP contribution >= 0.6 is 0 Å². The highest BCUT2D eigenvalue weighted by molar-refractivity contribution is 5.99. The van der Waals surface area contributed by atoms with E-state index in [0.29, 0.717) is 41.7 Å². The molecule has 2 aliphatic rings. The van der Waals surface area contributed by atoms with Crippen molar-refractivity contribution in [3.8, 4) is 11.5 Å². The van der Waals surface area contributed by atoms with Crippen molar-refractivity contribution in [2.75, 3.05) is 20.3 Å². The molecule has 0 fully saturated rings. The maximum Gasteiger partial charge on any atom is 0.336 e. The molecule has 2 N–H and O–H groups in total. The van der Waals surface area contributed by atoms with E-state index < -0.39 is 17.9 Å². The van der Waals surface area contributed by atoms with E-state index in [9.17, 15) is 14.7 Å². The topological polar surface area (TPSA) is 94.1 Å². The molecule has 0 aliphatic carbocycles. The second kappa shape index (κ2) is 6.51. The molecule has 3 rings (SSSR count). The number of hydrogen-bond donors (Lipinski definition) is 2. The summed E-state index contributed by atoms with van der Waals surface area (Å²) in [5.74, 6) is -1.52. The number of methoxy groups -OCH3 is 1. The van der Waals surface area contributed by atoms with Gasteiger partial charge in [-0.1, -0.05) is 12.1 Å². The van der Waals surface area contributed by atoms with Crippen molar-refractivity contribution >= 4 is 11.9 Å². The summed E-state index contributed by atoms with van der Waals surface area (Å²) in [7, 11) is 1.27. The molecule has 0 radical (unpaired) electrons. The summed E-state index contributed by atoms with van der Waals surface area (Å²) in [5, 5.41) is 12.7. The van der Waals surface area contributed by atoms with Gasteiger partial charge in [-0.25, -0.2) is 9.59 Å². The Morgan fingerprint density at radius 3 is 2.52 bits per heavy atom. The van der Waals surface area contributed by atoms with Crippen LogP contribution in [0.15, 0.2) is 40.7 Å². The first-order chi connectivity index (χ1) is 12.0. The zero-order chi connectivity index (χ0) is 18.1. The number of para-hydroxylation sites is 1. The Balaban J connectivity index is 2.25. The van der Waals surface area contributed by atoms with Gasteiger partial charge in [0.05, 0.1) is 24.2 Å². The molecular formula is C18H19NO6. The number of carboxylic acid groups (broad SMARTS) is 1. The van der Waals surface area contributed by atoms with Gasteiger partial charge >= 0.3 is 11.9 Å². The number of dihydropyridines is 1. The third-order valence-corrected chi connectivity index (χ3v) is 4.30. The lowest BCUT2D eigenvalue weighted by molar-refractivity contribution is -0.136. The minimum Gasteiger partial charge on any atom is -0.486 e. The van der Waals surface area contributed by atoms with Gasteiger partial charge in [-0.15, -0.1) is 0 Å². The fourth-order valence-electron chi connectivity index (χ4n) is 3.29. The smallest absolute Gasteiger partial charge is 0.336 e. The van der Waals surface area contributed by atoms with Gasteiger partial charge in [-0.05, 0) is 19.9 Å². The average Bonchev–Trinajstić information content (AvgIpc) is 2.59. The van der Waals surface area contributed by atoms with Crippen LogP contribution in [0.4, 0.5) is 0 Å². The summed E-state index contributed by atoms with van der Waals surface area (Å²) in [6.07, 6.45) is 0. The normalized spacial score (nSPS) is 19.4. The number of hydrogen-bond acceptors (Lipinski definition) is 6. The number of fused-ring (bicyclic) bond motifs is 1. The number of carboxylic acids is 1. The Hall–Kier alpha value is -2.96. The van der Waals surface area contributed by atoms with Crippen molar-refractivity contribution in [1.29, 1.82) is 0 Å². The summed E-state index contributed by atoms with van der Waals surface area (Å²) >= 11 is 0. The molecule has 1 aromatic carbocycles. The first-order valence-corrected chi connectivity index (χ1v) is 7.84. The molecular weight excluding hydrogens is 326 g/mol. The molecule has 0 saturated heterocycles. The molecule has 0 spiro atoms. The zero-order valence-electron chi connectivity index (χ0n) is 14.2. The Labute approximate surface area is 144 Å². The van der Waals surface area contributed by atoms with E-state index in [-0.39, 0.29) is 11.1 Å². The molecule has 1 unspecified atom stereocenters. The molecule has 2 heterocycles. The quantitative estimate of drug-likeness (QED) is 0.809. The molecule has 0 bridgehead atoms. The highest BCUT2D eigenvalue weighted by Crippen LogP contribution is 2.46. The van der Waals surface area contributed by atoms with Crippen molar-refractivity contribution in [2.24, 2.45) is 0 Å². The predicted octanol–water partition coefficient (Wildman–Crippen LogP) is 1.95. The Kier molecular flexibility index (Phi) is 4.39. The summed E-state index contributed by atoms with van der Waals surface area (Å²) in [5.41, 5.74) is 1.91. The van der Waals surface area contributed by atoms with Crippen LogP contribution in [0.5, 0.6) is 11.5 Å². The van der Waals surface area contributed by atoms with E-state index in [0.717, 1.165) is 0 Å². The van der Waals surface area contributed by atoms with Gasteiger partial charge in [0.1, 0.15) is 13.2 Å². The Bertz CT molecular complexity index is 808. The van der Waals surface area contributed by atoms with Crippen LogP contribution < -0.4 is 14.8 Å². The lowest BCUT2D eigenvalue weighted by atomic mass is 9.80. The van der Waals surface area contributed by atoms with Gasteiger partial charge in [0.15, 0.2) is 11.5 Å². The highest BCUT2D eigenvalue weighted by atomic mass is 16.6. The number of benzene rings is 1. The standard InChI is InChI=1S/C18H19NO6/c1-9-13(17(20)21)15(14(10(2)19-9)18(22)23-3)11-5-4-6-12-16(11)25-8-7-24-12/h4-6,15,19H,7-8H2,1-3H3,(H,20,21). The van der Waals surface area contributed by atoms with Gasteiger partial charge in [0.25, 0.3) is 0 Å². The molecule has 0 aromatic heterocycles. The molecule has 132 valence electrons. The van der Waals surface area contributed by atoms with Crippen LogP contribution in [0.1, 0.15) is 25.3 Å². The SMILES string of the molecule is COC(=O)C1=C(C)NC(C)=C(C(=O)O)C1c1cccc2c1OCCO2.